The van der Waals surface area contributed by atoms with Crippen LogP contribution in [0.25, 0.3) is 10.9 Å². The van der Waals surface area contributed by atoms with E-state index in [2.05, 4.69) is 12.2 Å². The van der Waals surface area contributed by atoms with Crippen LogP contribution in [-0.4, -0.2) is 36.6 Å². The highest BCUT2D eigenvalue weighted by molar-refractivity contribution is 6.06. The highest BCUT2D eigenvalue weighted by atomic mass is 16.1. The van der Waals surface area contributed by atoms with Crippen molar-refractivity contribution in [3.63, 3.8) is 0 Å². The standard InChI is InChI=1S/C22H29N3O/c1-16-7-4-5-13-25(16)14-6-12-23-22(26)19-15-21(17-10-11-17)24-20-9-3-2-8-18(19)20/h2-3,8-9,15-17H,4-7,10-14H2,1H3,(H,23,26)/p+1/t16-/m1/s1. The number of rotatable bonds is 6. The van der Waals surface area contributed by atoms with Crippen LogP contribution in [0.4, 0.5) is 0 Å². The van der Waals surface area contributed by atoms with Crippen LogP contribution < -0.4 is 10.2 Å². The summed E-state index contributed by atoms with van der Waals surface area (Å²) in [7, 11) is 0. The number of likely N-dealkylation sites (tertiary alicyclic amines) is 1. The summed E-state index contributed by atoms with van der Waals surface area (Å²) in [5.41, 5.74) is 2.81. The minimum Gasteiger partial charge on any atom is -0.352 e. The molecule has 1 aliphatic heterocycles. The summed E-state index contributed by atoms with van der Waals surface area (Å²) in [4.78, 5) is 19.3. The second-order valence-corrected chi connectivity index (χ2v) is 8.05. The summed E-state index contributed by atoms with van der Waals surface area (Å²) in [6.07, 6.45) is 7.50. The third kappa shape index (κ3) is 3.90. The van der Waals surface area contributed by atoms with Crippen molar-refractivity contribution in [2.75, 3.05) is 19.6 Å². The molecule has 1 aliphatic carbocycles. The number of nitrogens with zero attached hydrogens (tertiary/aromatic N) is 1. The van der Waals surface area contributed by atoms with Crippen molar-refractivity contribution in [2.45, 2.75) is 57.4 Å². The molecule has 2 aromatic rings. The van der Waals surface area contributed by atoms with Crippen LogP contribution in [0, 0.1) is 0 Å². The summed E-state index contributed by atoms with van der Waals surface area (Å²) < 4.78 is 0. The number of aromatic nitrogens is 1. The predicted molar refractivity (Wildman–Crippen MR) is 105 cm³/mol. The molecule has 2 fully saturated rings. The first-order valence-electron chi connectivity index (χ1n) is 10.2. The van der Waals surface area contributed by atoms with Gasteiger partial charge in [-0.1, -0.05) is 18.2 Å². The Kier molecular flexibility index (Phi) is 5.21. The Bertz CT molecular complexity index is 784. The maximum absolute atomic E-state index is 12.8. The first-order chi connectivity index (χ1) is 12.7. The zero-order chi connectivity index (χ0) is 17.9. The van der Waals surface area contributed by atoms with E-state index in [4.69, 9.17) is 4.98 Å². The van der Waals surface area contributed by atoms with Crippen molar-refractivity contribution in [1.82, 2.24) is 10.3 Å². The average molecular weight is 353 g/mol. The van der Waals surface area contributed by atoms with Crippen molar-refractivity contribution in [1.29, 1.82) is 0 Å². The summed E-state index contributed by atoms with van der Waals surface area (Å²) in [5.74, 6) is 0.600. The molecule has 0 radical (unpaired) electrons. The number of carbonyl (C=O) groups excluding carboxylic acids is 1. The minimum absolute atomic E-state index is 0.0483. The number of quaternary nitrogens is 1. The van der Waals surface area contributed by atoms with Crippen LogP contribution in [0.5, 0.6) is 0 Å². The molecule has 1 amide bonds. The molecule has 2 atom stereocenters. The summed E-state index contributed by atoms with van der Waals surface area (Å²) in [6.45, 7) is 5.56. The van der Waals surface area contributed by atoms with Gasteiger partial charge in [0.05, 0.1) is 30.2 Å². The van der Waals surface area contributed by atoms with E-state index in [0.29, 0.717) is 5.92 Å². The van der Waals surface area contributed by atoms with Crippen LogP contribution in [0.15, 0.2) is 30.3 Å². The number of nitrogens with one attached hydrogen (secondary N) is 2. The molecule has 2 heterocycles. The number of benzene rings is 1. The SMILES string of the molecule is C[C@@H]1CCCC[NH+]1CCCNC(=O)c1cc(C2CC2)nc2ccccc12. The normalized spacial score (nSPS) is 23.1. The second kappa shape index (κ2) is 7.75. The van der Waals surface area contributed by atoms with E-state index in [-0.39, 0.29) is 5.91 Å². The van der Waals surface area contributed by atoms with Crippen LogP contribution in [0.2, 0.25) is 0 Å². The molecule has 2 aliphatic rings. The van der Waals surface area contributed by atoms with E-state index in [1.807, 2.05) is 30.3 Å². The van der Waals surface area contributed by atoms with Gasteiger partial charge in [-0.3, -0.25) is 9.78 Å². The molecule has 0 spiro atoms. The fraction of sp³-hybridized carbons (Fsp3) is 0.545. The number of carbonyl (C=O) groups is 1. The molecule has 1 saturated carbocycles. The van der Waals surface area contributed by atoms with Gasteiger partial charge in [0.1, 0.15) is 0 Å². The van der Waals surface area contributed by atoms with Crippen LogP contribution in [0.3, 0.4) is 0 Å². The van der Waals surface area contributed by atoms with E-state index in [9.17, 15) is 4.79 Å². The molecule has 1 aromatic heterocycles. The number of hydrogen-bond acceptors (Lipinski definition) is 2. The molecule has 1 unspecified atom stereocenters. The second-order valence-electron chi connectivity index (χ2n) is 8.05. The molecule has 4 heteroatoms. The molecule has 1 saturated heterocycles. The van der Waals surface area contributed by atoms with E-state index in [1.165, 1.54) is 38.6 Å². The Morgan fingerprint density at radius 3 is 2.88 bits per heavy atom. The van der Waals surface area contributed by atoms with Crippen LogP contribution in [-0.2, 0) is 0 Å². The Hall–Kier alpha value is -1.94. The molecule has 0 bridgehead atoms. The maximum atomic E-state index is 12.8. The Morgan fingerprint density at radius 1 is 1.23 bits per heavy atom. The summed E-state index contributed by atoms with van der Waals surface area (Å²) >= 11 is 0. The summed E-state index contributed by atoms with van der Waals surface area (Å²) in [6, 6.07) is 10.8. The number of hydrogen-bond donors (Lipinski definition) is 2. The largest absolute Gasteiger partial charge is 0.352 e. The molecular formula is C22H30N3O+. The van der Waals surface area contributed by atoms with Crippen molar-refractivity contribution in [3.05, 3.63) is 41.6 Å². The lowest BCUT2D eigenvalue weighted by atomic mass is 10.0. The van der Waals surface area contributed by atoms with Gasteiger partial charge in [-0.05, 0) is 51.2 Å². The van der Waals surface area contributed by atoms with E-state index < -0.39 is 0 Å². The maximum Gasteiger partial charge on any atom is 0.252 e. The monoisotopic (exact) mass is 352 g/mol. The van der Waals surface area contributed by atoms with E-state index in [1.54, 1.807) is 4.90 Å². The number of amides is 1. The van der Waals surface area contributed by atoms with Crippen molar-refractivity contribution < 1.29 is 9.69 Å². The van der Waals surface area contributed by atoms with Crippen LogP contribution >= 0.6 is 0 Å². The van der Waals surface area contributed by atoms with Crippen molar-refractivity contribution in [2.24, 2.45) is 0 Å². The fourth-order valence-electron chi connectivity index (χ4n) is 4.21. The van der Waals surface area contributed by atoms with E-state index in [0.717, 1.165) is 47.7 Å². The molecule has 4 nitrogen and oxygen atoms in total. The minimum atomic E-state index is 0.0483. The van der Waals surface area contributed by atoms with Gasteiger partial charge >= 0.3 is 0 Å². The van der Waals surface area contributed by atoms with E-state index >= 15 is 0 Å². The third-order valence-electron chi connectivity index (χ3n) is 6.02. The highest BCUT2D eigenvalue weighted by Gasteiger charge is 2.27. The van der Waals surface area contributed by atoms with Gasteiger partial charge in [-0.25, -0.2) is 0 Å². The zero-order valence-electron chi connectivity index (χ0n) is 15.8. The number of fused-ring (bicyclic) bond motifs is 1. The zero-order valence-corrected chi connectivity index (χ0v) is 15.8. The highest BCUT2D eigenvalue weighted by Crippen LogP contribution is 2.40. The van der Waals surface area contributed by atoms with Gasteiger partial charge in [-0.15, -0.1) is 0 Å². The number of pyridine rings is 1. The molecule has 2 N–H and O–H groups in total. The van der Waals surface area contributed by atoms with Crippen molar-refractivity contribution >= 4 is 16.8 Å². The first kappa shape index (κ1) is 17.5. The van der Waals surface area contributed by atoms with Gasteiger partial charge in [0.2, 0.25) is 0 Å². The number of piperidine rings is 1. The Labute approximate surface area is 156 Å². The molecular weight excluding hydrogens is 322 g/mol. The smallest absolute Gasteiger partial charge is 0.252 e. The average Bonchev–Trinajstić information content (AvgIpc) is 3.51. The molecule has 138 valence electrons. The van der Waals surface area contributed by atoms with Gasteiger partial charge in [0, 0.05) is 30.0 Å². The van der Waals surface area contributed by atoms with Gasteiger partial charge < -0.3 is 10.2 Å². The van der Waals surface area contributed by atoms with Gasteiger partial charge in [0.15, 0.2) is 0 Å². The Balaban J connectivity index is 1.39. The lowest BCUT2D eigenvalue weighted by Crippen LogP contribution is -3.16. The first-order valence-corrected chi connectivity index (χ1v) is 10.2. The fourth-order valence-corrected chi connectivity index (χ4v) is 4.21. The topological polar surface area (TPSA) is 46.4 Å². The molecule has 1 aromatic carbocycles. The summed E-state index contributed by atoms with van der Waals surface area (Å²) in [5, 5.41) is 4.11. The number of para-hydroxylation sites is 1. The molecule has 26 heavy (non-hydrogen) atoms. The van der Waals surface area contributed by atoms with Gasteiger partial charge in [0.25, 0.3) is 5.91 Å². The van der Waals surface area contributed by atoms with Crippen molar-refractivity contribution in [3.8, 4) is 0 Å². The third-order valence-corrected chi connectivity index (χ3v) is 6.02. The molecule has 4 rings (SSSR count). The van der Waals surface area contributed by atoms with Crippen LogP contribution in [0.1, 0.15) is 67.4 Å². The lowest BCUT2D eigenvalue weighted by molar-refractivity contribution is -0.928. The quantitative estimate of drug-likeness (QED) is 0.785. The Morgan fingerprint density at radius 2 is 2.08 bits per heavy atom. The van der Waals surface area contributed by atoms with Gasteiger partial charge in [-0.2, -0.15) is 0 Å². The lowest BCUT2D eigenvalue weighted by Gasteiger charge is -2.30. The predicted octanol–water partition coefficient (Wildman–Crippen LogP) is 2.69.